The summed E-state index contributed by atoms with van der Waals surface area (Å²) in [7, 11) is 2.29. The van der Waals surface area contributed by atoms with Crippen LogP contribution in [-0.2, 0) is 0 Å². The SMILES string of the molecule is CC(C)CCN(C)C1CCCNCC1. The average Bonchev–Trinajstić information content (AvgIpc) is 2.42. The number of nitrogens with one attached hydrogen (secondary N) is 1. The fraction of sp³-hybridized carbons (Fsp3) is 1.00. The molecule has 1 saturated heterocycles. The second-order valence-corrected chi connectivity index (χ2v) is 5.00. The van der Waals surface area contributed by atoms with Gasteiger partial charge in [-0.15, -0.1) is 0 Å². The van der Waals surface area contributed by atoms with Gasteiger partial charge < -0.3 is 10.2 Å². The van der Waals surface area contributed by atoms with Crippen molar-refractivity contribution in [3.63, 3.8) is 0 Å². The fourth-order valence-electron chi connectivity index (χ4n) is 2.09. The van der Waals surface area contributed by atoms with Crippen molar-refractivity contribution in [3.05, 3.63) is 0 Å². The van der Waals surface area contributed by atoms with Crippen LogP contribution in [0.4, 0.5) is 0 Å². The lowest BCUT2D eigenvalue weighted by Crippen LogP contribution is -2.33. The molecule has 1 N–H and O–H groups in total. The van der Waals surface area contributed by atoms with Gasteiger partial charge in [0.05, 0.1) is 0 Å². The van der Waals surface area contributed by atoms with Gasteiger partial charge in [-0.1, -0.05) is 13.8 Å². The normalized spacial score (nSPS) is 24.2. The minimum Gasteiger partial charge on any atom is -0.317 e. The molecule has 2 heteroatoms. The summed E-state index contributed by atoms with van der Waals surface area (Å²) in [5, 5.41) is 3.47. The molecule has 1 atom stereocenters. The van der Waals surface area contributed by atoms with Gasteiger partial charge in [0, 0.05) is 6.04 Å². The highest BCUT2D eigenvalue weighted by Crippen LogP contribution is 2.13. The molecule has 0 spiro atoms. The van der Waals surface area contributed by atoms with E-state index in [1.54, 1.807) is 0 Å². The number of hydrogen-bond donors (Lipinski definition) is 1. The van der Waals surface area contributed by atoms with Gasteiger partial charge in [-0.05, 0) is 58.3 Å². The summed E-state index contributed by atoms with van der Waals surface area (Å²) in [5.41, 5.74) is 0. The summed E-state index contributed by atoms with van der Waals surface area (Å²) in [6.07, 6.45) is 5.38. The average molecular weight is 198 g/mol. The summed E-state index contributed by atoms with van der Waals surface area (Å²) in [6.45, 7) is 8.30. The van der Waals surface area contributed by atoms with Crippen LogP contribution >= 0.6 is 0 Å². The predicted molar refractivity (Wildman–Crippen MR) is 62.6 cm³/mol. The van der Waals surface area contributed by atoms with E-state index >= 15 is 0 Å². The Hall–Kier alpha value is -0.0800. The molecule has 0 bridgehead atoms. The third-order valence-corrected chi connectivity index (χ3v) is 3.23. The Morgan fingerprint density at radius 2 is 2.07 bits per heavy atom. The molecule has 0 amide bonds. The van der Waals surface area contributed by atoms with E-state index in [-0.39, 0.29) is 0 Å². The van der Waals surface area contributed by atoms with Gasteiger partial charge in [0.25, 0.3) is 0 Å². The standard InChI is InChI=1S/C12H26N2/c1-11(2)7-10-14(3)12-5-4-8-13-9-6-12/h11-13H,4-10H2,1-3H3. The van der Waals surface area contributed by atoms with Crippen molar-refractivity contribution in [1.29, 1.82) is 0 Å². The zero-order valence-electron chi connectivity index (χ0n) is 10.1. The topological polar surface area (TPSA) is 15.3 Å². The Morgan fingerprint density at radius 3 is 2.79 bits per heavy atom. The van der Waals surface area contributed by atoms with E-state index in [0.29, 0.717) is 0 Å². The van der Waals surface area contributed by atoms with Crippen LogP contribution in [0.1, 0.15) is 39.5 Å². The molecule has 0 aromatic carbocycles. The summed E-state index contributed by atoms with van der Waals surface area (Å²) in [6, 6.07) is 0.823. The summed E-state index contributed by atoms with van der Waals surface area (Å²) in [4.78, 5) is 2.56. The van der Waals surface area contributed by atoms with Crippen molar-refractivity contribution in [1.82, 2.24) is 10.2 Å². The molecule has 0 aliphatic carbocycles. The van der Waals surface area contributed by atoms with E-state index < -0.39 is 0 Å². The van der Waals surface area contributed by atoms with E-state index in [0.717, 1.165) is 12.0 Å². The lowest BCUT2D eigenvalue weighted by molar-refractivity contribution is 0.213. The number of rotatable bonds is 4. The second kappa shape index (κ2) is 6.41. The van der Waals surface area contributed by atoms with Gasteiger partial charge in [-0.2, -0.15) is 0 Å². The molecule has 1 fully saturated rings. The van der Waals surface area contributed by atoms with Crippen molar-refractivity contribution in [3.8, 4) is 0 Å². The maximum absolute atomic E-state index is 3.47. The predicted octanol–water partition coefficient (Wildman–Crippen LogP) is 2.11. The molecule has 1 heterocycles. The van der Waals surface area contributed by atoms with Crippen LogP contribution in [0.25, 0.3) is 0 Å². The van der Waals surface area contributed by atoms with Gasteiger partial charge in [0.1, 0.15) is 0 Å². The first kappa shape index (κ1) is 12.0. The van der Waals surface area contributed by atoms with Gasteiger partial charge in [-0.3, -0.25) is 0 Å². The summed E-state index contributed by atoms with van der Waals surface area (Å²) in [5.74, 6) is 0.835. The summed E-state index contributed by atoms with van der Waals surface area (Å²) < 4.78 is 0. The maximum Gasteiger partial charge on any atom is 0.0105 e. The number of nitrogens with zero attached hydrogens (tertiary/aromatic N) is 1. The zero-order chi connectivity index (χ0) is 10.4. The Kier molecular flexibility index (Phi) is 5.49. The van der Waals surface area contributed by atoms with E-state index in [4.69, 9.17) is 0 Å². The molecule has 1 unspecified atom stereocenters. The molecule has 0 aromatic heterocycles. The minimum atomic E-state index is 0.823. The first-order valence-corrected chi connectivity index (χ1v) is 6.11. The van der Waals surface area contributed by atoms with Crippen molar-refractivity contribution in [2.24, 2.45) is 5.92 Å². The van der Waals surface area contributed by atoms with Crippen LogP contribution in [0.2, 0.25) is 0 Å². The highest BCUT2D eigenvalue weighted by atomic mass is 15.1. The highest BCUT2D eigenvalue weighted by Gasteiger charge is 2.16. The maximum atomic E-state index is 3.47. The lowest BCUT2D eigenvalue weighted by atomic mass is 10.1. The Balaban J connectivity index is 2.23. The van der Waals surface area contributed by atoms with Crippen LogP contribution in [0.3, 0.4) is 0 Å². The zero-order valence-corrected chi connectivity index (χ0v) is 10.1. The molecule has 0 saturated carbocycles. The van der Waals surface area contributed by atoms with Gasteiger partial charge in [-0.25, -0.2) is 0 Å². The van der Waals surface area contributed by atoms with Crippen molar-refractivity contribution >= 4 is 0 Å². The summed E-state index contributed by atoms with van der Waals surface area (Å²) >= 11 is 0. The highest BCUT2D eigenvalue weighted by molar-refractivity contribution is 4.74. The molecular weight excluding hydrogens is 172 g/mol. The molecule has 1 aliphatic rings. The molecule has 0 radical (unpaired) electrons. The van der Waals surface area contributed by atoms with E-state index in [1.807, 2.05) is 0 Å². The Morgan fingerprint density at radius 1 is 1.29 bits per heavy atom. The van der Waals surface area contributed by atoms with Crippen molar-refractivity contribution in [2.45, 2.75) is 45.6 Å². The fourth-order valence-corrected chi connectivity index (χ4v) is 2.09. The van der Waals surface area contributed by atoms with Gasteiger partial charge in [0.2, 0.25) is 0 Å². The molecular formula is C12H26N2. The van der Waals surface area contributed by atoms with Crippen molar-refractivity contribution in [2.75, 3.05) is 26.7 Å². The Bertz CT molecular complexity index is 137. The molecule has 1 rings (SSSR count). The van der Waals surface area contributed by atoms with Crippen LogP contribution in [0.15, 0.2) is 0 Å². The Labute approximate surface area is 89.1 Å². The quantitative estimate of drug-likeness (QED) is 0.744. The van der Waals surface area contributed by atoms with E-state index in [2.05, 4.69) is 31.1 Å². The molecule has 0 aromatic rings. The first-order chi connectivity index (χ1) is 6.70. The van der Waals surface area contributed by atoms with Crippen LogP contribution < -0.4 is 5.32 Å². The largest absolute Gasteiger partial charge is 0.317 e. The first-order valence-electron chi connectivity index (χ1n) is 6.11. The minimum absolute atomic E-state index is 0.823. The van der Waals surface area contributed by atoms with Gasteiger partial charge in [0.15, 0.2) is 0 Å². The monoisotopic (exact) mass is 198 g/mol. The van der Waals surface area contributed by atoms with Crippen LogP contribution in [0.5, 0.6) is 0 Å². The van der Waals surface area contributed by atoms with Crippen LogP contribution in [0, 0.1) is 5.92 Å². The van der Waals surface area contributed by atoms with Gasteiger partial charge >= 0.3 is 0 Å². The third-order valence-electron chi connectivity index (χ3n) is 3.23. The molecule has 2 nitrogen and oxygen atoms in total. The molecule has 1 aliphatic heterocycles. The third kappa shape index (κ3) is 4.43. The van der Waals surface area contributed by atoms with E-state index in [9.17, 15) is 0 Å². The molecule has 14 heavy (non-hydrogen) atoms. The smallest absolute Gasteiger partial charge is 0.0105 e. The molecule has 84 valence electrons. The van der Waals surface area contributed by atoms with Crippen molar-refractivity contribution < 1.29 is 0 Å². The van der Waals surface area contributed by atoms with E-state index in [1.165, 1.54) is 45.3 Å². The van der Waals surface area contributed by atoms with Crippen LogP contribution in [-0.4, -0.2) is 37.6 Å². The lowest BCUT2D eigenvalue weighted by Gasteiger charge is -2.27. The second-order valence-electron chi connectivity index (χ2n) is 5.00. The number of hydrogen-bond acceptors (Lipinski definition) is 2.